The number of halogens is 2. The molecule has 0 radical (unpaired) electrons. The number of rotatable bonds is 4. The molecular weight excluding hydrogens is 452 g/mol. The highest BCUT2D eigenvalue weighted by Crippen LogP contribution is 2.29. The first kappa shape index (κ1) is 19.4. The quantitative estimate of drug-likeness (QED) is 0.445. The molecule has 4 rings (SSSR count). The third kappa shape index (κ3) is 4.11. The van der Waals surface area contributed by atoms with Crippen LogP contribution in [-0.4, -0.2) is 18.9 Å². The fourth-order valence-electron chi connectivity index (χ4n) is 3.03. The van der Waals surface area contributed by atoms with E-state index < -0.39 is 0 Å². The summed E-state index contributed by atoms with van der Waals surface area (Å²) in [6.07, 6.45) is 1.76. The lowest BCUT2D eigenvalue weighted by molar-refractivity contribution is -0.113. The monoisotopic (exact) mass is 466 g/mol. The second-order valence-electron chi connectivity index (χ2n) is 6.37. The molecule has 0 bridgehead atoms. The average Bonchev–Trinajstić information content (AvgIpc) is 3.05. The minimum Gasteiger partial charge on any atom is -0.497 e. The van der Waals surface area contributed by atoms with Gasteiger partial charge in [-0.05, 0) is 60.2 Å². The number of ether oxygens (including phenoxy) is 1. The number of nitrogens with zero attached hydrogens (tertiary/aromatic N) is 2. The number of carbonyl (C=O) groups excluding carboxylic acids is 1. The van der Waals surface area contributed by atoms with E-state index in [9.17, 15) is 4.79 Å². The van der Waals surface area contributed by atoms with Crippen LogP contribution in [0.25, 0.3) is 6.08 Å². The Balaban J connectivity index is 1.81. The van der Waals surface area contributed by atoms with Crippen LogP contribution in [0, 0.1) is 0 Å². The van der Waals surface area contributed by atoms with E-state index in [-0.39, 0.29) is 5.91 Å². The Morgan fingerprint density at radius 1 is 1.03 bits per heavy atom. The van der Waals surface area contributed by atoms with Gasteiger partial charge < -0.3 is 4.74 Å². The Bertz CT molecular complexity index is 1120. The minimum atomic E-state index is -0.201. The van der Waals surface area contributed by atoms with Crippen molar-refractivity contribution in [3.8, 4) is 5.75 Å². The van der Waals surface area contributed by atoms with E-state index in [1.165, 1.54) is 0 Å². The van der Waals surface area contributed by atoms with Gasteiger partial charge in [-0.25, -0.2) is 4.99 Å². The maximum absolute atomic E-state index is 13.3. The molecule has 6 heteroatoms. The maximum Gasteiger partial charge on any atom is 0.282 e. The van der Waals surface area contributed by atoms with Gasteiger partial charge >= 0.3 is 0 Å². The van der Waals surface area contributed by atoms with Crippen LogP contribution < -0.4 is 9.64 Å². The highest BCUT2D eigenvalue weighted by atomic mass is 79.9. The Hall–Kier alpha value is -2.89. The number of hydrogen-bond acceptors (Lipinski definition) is 3. The first-order chi connectivity index (χ1) is 14.0. The molecule has 0 aliphatic carbocycles. The SMILES string of the molecule is COc1cccc(/C=C2/N=C(c3ccc(Br)cc3)N(c3ccc(Cl)cc3)C2=O)c1. The molecule has 1 heterocycles. The smallest absolute Gasteiger partial charge is 0.282 e. The topological polar surface area (TPSA) is 41.9 Å². The van der Waals surface area contributed by atoms with Gasteiger partial charge in [-0.2, -0.15) is 0 Å². The lowest BCUT2D eigenvalue weighted by Crippen LogP contribution is -2.32. The molecule has 0 unspecified atom stereocenters. The van der Waals surface area contributed by atoms with Gasteiger partial charge in [0, 0.05) is 15.1 Å². The molecule has 4 nitrogen and oxygen atoms in total. The van der Waals surface area contributed by atoms with Gasteiger partial charge in [0.15, 0.2) is 0 Å². The van der Waals surface area contributed by atoms with Gasteiger partial charge in [0.05, 0.1) is 12.8 Å². The normalized spacial score (nSPS) is 15.0. The van der Waals surface area contributed by atoms with Crippen molar-refractivity contribution >= 4 is 51.0 Å². The Morgan fingerprint density at radius 3 is 2.45 bits per heavy atom. The van der Waals surface area contributed by atoms with Crippen LogP contribution in [0.15, 0.2) is 88.0 Å². The maximum atomic E-state index is 13.3. The van der Waals surface area contributed by atoms with Crippen molar-refractivity contribution in [2.75, 3.05) is 12.0 Å². The molecule has 3 aromatic rings. The fraction of sp³-hybridized carbons (Fsp3) is 0.0435. The average molecular weight is 468 g/mol. The molecule has 1 aliphatic heterocycles. The molecule has 0 fully saturated rings. The van der Waals surface area contributed by atoms with Crippen LogP contribution in [0.2, 0.25) is 5.02 Å². The summed E-state index contributed by atoms with van der Waals surface area (Å²) in [6, 6.07) is 22.3. The molecule has 0 aromatic heterocycles. The zero-order valence-electron chi connectivity index (χ0n) is 15.5. The summed E-state index contributed by atoms with van der Waals surface area (Å²) >= 11 is 9.47. The van der Waals surface area contributed by atoms with Crippen LogP contribution in [-0.2, 0) is 4.79 Å². The number of hydrogen-bond donors (Lipinski definition) is 0. The van der Waals surface area contributed by atoms with Crippen LogP contribution in [0.5, 0.6) is 5.75 Å². The van der Waals surface area contributed by atoms with Crippen molar-refractivity contribution in [3.05, 3.63) is 99.1 Å². The summed E-state index contributed by atoms with van der Waals surface area (Å²) in [6.45, 7) is 0. The van der Waals surface area contributed by atoms with Gasteiger partial charge in [-0.3, -0.25) is 9.69 Å². The lowest BCUT2D eigenvalue weighted by atomic mass is 10.1. The third-order valence-corrected chi connectivity index (χ3v) is 5.23. The summed E-state index contributed by atoms with van der Waals surface area (Å²) in [4.78, 5) is 19.5. The number of amides is 1. The number of amidine groups is 1. The van der Waals surface area contributed by atoms with Crippen LogP contribution in [0.4, 0.5) is 5.69 Å². The third-order valence-electron chi connectivity index (χ3n) is 4.44. The van der Waals surface area contributed by atoms with Crippen LogP contribution >= 0.6 is 27.5 Å². The van der Waals surface area contributed by atoms with E-state index in [0.717, 1.165) is 21.3 Å². The van der Waals surface area contributed by atoms with Crippen molar-refractivity contribution in [2.45, 2.75) is 0 Å². The van der Waals surface area contributed by atoms with Gasteiger partial charge in [0.25, 0.3) is 5.91 Å². The molecule has 0 N–H and O–H groups in total. The molecule has 1 amide bonds. The van der Waals surface area contributed by atoms with E-state index in [1.54, 1.807) is 30.2 Å². The zero-order valence-corrected chi connectivity index (χ0v) is 17.8. The molecule has 0 saturated heterocycles. The van der Waals surface area contributed by atoms with E-state index in [2.05, 4.69) is 20.9 Å². The van der Waals surface area contributed by atoms with Crippen LogP contribution in [0.1, 0.15) is 11.1 Å². The van der Waals surface area contributed by atoms with Gasteiger partial charge in [-0.15, -0.1) is 0 Å². The van der Waals surface area contributed by atoms with Crippen molar-refractivity contribution in [2.24, 2.45) is 4.99 Å². The highest BCUT2D eigenvalue weighted by Gasteiger charge is 2.32. The molecule has 0 atom stereocenters. The zero-order chi connectivity index (χ0) is 20.4. The summed E-state index contributed by atoms with van der Waals surface area (Å²) in [5.41, 5.74) is 2.73. The Labute approximate surface area is 182 Å². The summed E-state index contributed by atoms with van der Waals surface area (Å²) in [5.74, 6) is 1.09. The second-order valence-corrected chi connectivity index (χ2v) is 7.72. The van der Waals surface area contributed by atoms with E-state index in [0.29, 0.717) is 22.2 Å². The largest absolute Gasteiger partial charge is 0.497 e. The lowest BCUT2D eigenvalue weighted by Gasteiger charge is -2.18. The summed E-state index contributed by atoms with van der Waals surface area (Å²) < 4.78 is 6.23. The van der Waals surface area contributed by atoms with E-state index in [4.69, 9.17) is 16.3 Å². The molecule has 144 valence electrons. The molecule has 0 spiro atoms. The molecule has 0 saturated carbocycles. The summed E-state index contributed by atoms with van der Waals surface area (Å²) in [7, 11) is 1.61. The predicted molar refractivity (Wildman–Crippen MR) is 121 cm³/mol. The predicted octanol–water partition coefficient (Wildman–Crippen LogP) is 5.95. The van der Waals surface area contributed by atoms with Crippen LogP contribution in [0.3, 0.4) is 0 Å². The molecule has 1 aliphatic rings. The minimum absolute atomic E-state index is 0.201. The van der Waals surface area contributed by atoms with Crippen molar-refractivity contribution in [1.82, 2.24) is 0 Å². The second kappa shape index (κ2) is 8.23. The number of aliphatic imine (C=N–C) groups is 1. The first-order valence-electron chi connectivity index (χ1n) is 8.85. The number of methoxy groups -OCH3 is 1. The number of benzene rings is 3. The number of anilines is 1. The van der Waals surface area contributed by atoms with Crippen molar-refractivity contribution in [3.63, 3.8) is 0 Å². The first-order valence-corrected chi connectivity index (χ1v) is 10.0. The van der Waals surface area contributed by atoms with Gasteiger partial charge in [0.1, 0.15) is 17.3 Å². The van der Waals surface area contributed by atoms with Crippen molar-refractivity contribution < 1.29 is 9.53 Å². The van der Waals surface area contributed by atoms with E-state index in [1.807, 2.05) is 60.7 Å². The molecule has 3 aromatic carbocycles. The van der Waals surface area contributed by atoms with E-state index >= 15 is 0 Å². The van der Waals surface area contributed by atoms with Gasteiger partial charge in [0.2, 0.25) is 0 Å². The highest BCUT2D eigenvalue weighted by molar-refractivity contribution is 9.10. The summed E-state index contributed by atoms with van der Waals surface area (Å²) in [5, 5.41) is 0.606. The molecule has 29 heavy (non-hydrogen) atoms. The Morgan fingerprint density at radius 2 is 1.76 bits per heavy atom. The molecular formula is C23H16BrClN2O2. The Kier molecular flexibility index (Phi) is 5.51. The van der Waals surface area contributed by atoms with Crippen molar-refractivity contribution in [1.29, 1.82) is 0 Å². The fourth-order valence-corrected chi connectivity index (χ4v) is 3.42. The van der Waals surface area contributed by atoms with Gasteiger partial charge in [-0.1, -0.05) is 51.8 Å². The standard InChI is InChI=1S/C23H16BrClN2O2/c1-29-20-4-2-3-15(13-20)14-21-23(28)27(19-11-9-18(25)10-12-19)22(26-21)16-5-7-17(24)8-6-16/h2-14H,1H3/b21-14+. The number of carbonyl (C=O) groups is 1.